The second-order valence-corrected chi connectivity index (χ2v) is 6.39. The molecule has 3 rings (SSSR count). The van der Waals surface area contributed by atoms with Crippen LogP contribution in [0, 0.1) is 6.92 Å². The molecule has 0 amide bonds. The minimum absolute atomic E-state index is 0.463. The van der Waals surface area contributed by atoms with Gasteiger partial charge in [0.15, 0.2) is 0 Å². The zero-order valence-corrected chi connectivity index (χ0v) is 13.4. The van der Waals surface area contributed by atoms with Crippen molar-refractivity contribution in [3.63, 3.8) is 0 Å². The smallest absolute Gasteiger partial charge is 0.0779 e. The van der Waals surface area contributed by atoms with E-state index in [9.17, 15) is 0 Å². The van der Waals surface area contributed by atoms with Crippen molar-refractivity contribution in [3.05, 3.63) is 29.3 Å². The molecule has 0 spiro atoms. The zero-order valence-electron chi connectivity index (χ0n) is 13.4. The Balaban J connectivity index is 1.72. The number of hydrogen-bond acceptors (Lipinski definition) is 3. The first-order chi connectivity index (χ1) is 10.3. The Hall–Kier alpha value is -1.06. The lowest BCUT2D eigenvalue weighted by atomic mass is 10.0. The van der Waals surface area contributed by atoms with Crippen LogP contribution in [0.1, 0.15) is 43.7 Å². The summed E-state index contributed by atoms with van der Waals surface area (Å²) in [5.74, 6) is 0. The topological polar surface area (TPSA) is 24.5 Å². The molecule has 21 heavy (non-hydrogen) atoms. The number of fused-ring (bicyclic) bond motifs is 1. The molecule has 0 bridgehead atoms. The van der Waals surface area contributed by atoms with E-state index in [-0.39, 0.29) is 0 Å². The van der Waals surface area contributed by atoms with Gasteiger partial charge in [0.1, 0.15) is 0 Å². The molecule has 1 saturated carbocycles. The first-order valence-electron chi connectivity index (χ1n) is 8.48. The summed E-state index contributed by atoms with van der Waals surface area (Å²) in [5.41, 5.74) is 4.20. The maximum Gasteiger partial charge on any atom is 0.0779 e. The first-order valence-corrected chi connectivity index (χ1v) is 8.48. The second-order valence-electron chi connectivity index (χ2n) is 6.39. The fraction of sp³-hybridized carbons (Fsp3) is 0.667. The van der Waals surface area contributed by atoms with Crippen LogP contribution < -0.4 is 10.2 Å². The Bertz CT molecular complexity index is 474. The normalized spacial score (nSPS) is 25.1. The Labute approximate surface area is 128 Å². The van der Waals surface area contributed by atoms with Gasteiger partial charge in [0, 0.05) is 18.8 Å². The van der Waals surface area contributed by atoms with Gasteiger partial charge in [-0.05, 0) is 62.4 Å². The van der Waals surface area contributed by atoms with Gasteiger partial charge in [0.25, 0.3) is 0 Å². The van der Waals surface area contributed by atoms with E-state index in [0.717, 1.165) is 26.2 Å². The molecule has 0 aromatic heterocycles. The number of aryl methyl sites for hydroxylation is 1. The SMILES string of the molecule is CCCNCc1ccc(N2CCOC3CCCC32)cc1C. The van der Waals surface area contributed by atoms with Crippen molar-refractivity contribution in [2.24, 2.45) is 0 Å². The fourth-order valence-electron chi connectivity index (χ4n) is 3.70. The van der Waals surface area contributed by atoms with E-state index in [1.807, 2.05) is 0 Å². The molecule has 1 aliphatic carbocycles. The summed E-state index contributed by atoms with van der Waals surface area (Å²) in [6.07, 6.45) is 5.48. The lowest BCUT2D eigenvalue weighted by Crippen LogP contribution is -2.48. The molecule has 1 aromatic rings. The van der Waals surface area contributed by atoms with E-state index in [0.29, 0.717) is 12.1 Å². The summed E-state index contributed by atoms with van der Waals surface area (Å²) >= 11 is 0. The van der Waals surface area contributed by atoms with Crippen molar-refractivity contribution >= 4 is 5.69 Å². The summed E-state index contributed by atoms with van der Waals surface area (Å²) in [7, 11) is 0. The highest BCUT2D eigenvalue weighted by Gasteiger charge is 2.36. The number of rotatable bonds is 5. The quantitative estimate of drug-likeness (QED) is 0.842. The number of hydrogen-bond donors (Lipinski definition) is 1. The van der Waals surface area contributed by atoms with Crippen LogP contribution in [0.15, 0.2) is 18.2 Å². The van der Waals surface area contributed by atoms with Crippen molar-refractivity contribution in [1.29, 1.82) is 0 Å². The molecular formula is C18H28N2O. The standard InChI is InChI=1S/C18H28N2O/c1-3-9-19-13-15-7-8-16(12-14(15)2)20-10-11-21-18-6-4-5-17(18)20/h7-8,12,17-19H,3-6,9-11,13H2,1-2H3. The number of ether oxygens (including phenoxy) is 1. The monoisotopic (exact) mass is 288 g/mol. The number of nitrogens with zero attached hydrogens (tertiary/aromatic N) is 1. The molecule has 2 atom stereocenters. The number of morpholine rings is 1. The van der Waals surface area contributed by atoms with Crippen molar-refractivity contribution < 1.29 is 4.74 Å². The summed E-state index contributed by atoms with van der Waals surface area (Å²) in [6, 6.07) is 7.56. The maximum absolute atomic E-state index is 5.92. The molecule has 2 aliphatic rings. The molecule has 1 saturated heterocycles. The number of benzene rings is 1. The highest BCUT2D eigenvalue weighted by atomic mass is 16.5. The second kappa shape index (κ2) is 6.80. The average Bonchev–Trinajstić information content (AvgIpc) is 2.97. The van der Waals surface area contributed by atoms with E-state index in [1.54, 1.807) is 0 Å². The molecule has 1 aromatic carbocycles. The number of anilines is 1. The van der Waals surface area contributed by atoms with Crippen LogP contribution in [0.4, 0.5) is 5.69 Å². The van der Waals surface area contributed by atoms with Gasteiger partial charge < -0.3 is 15.0 Å². The summed E-state index contributed by atoms with van der Waals surface area (Å²) < 4.78 is 5.92. The summed E-state index contributed by atoms with van der Waals surface area (Å²) in [6.45, 7) is 8.43. The molecule has 1 N–H and O–H groups in total. The van der Waals surface area contributed by atoms with Crippen molar-refractivity contribution in [3.8, 4) is 0 Å². The van der Waals surface area contributed by atoms with Crippen LogP contribution in [-0.4, -0.2) is 31.8 Å². The van der Waals surface area contributed by atoms with Crippen LogP contribution in [0.5, 0.6) is 0 Å². The highest BCUT2D eigenvalue weighted by Crippen LogP contribution is 2.33. The molecule has 1 aliphatic heterocycles. The third kappa shape index (κ3) is 3.24. The predicted molar refractivity (Wildman–Crippen MR) is 87.9 cm³/mol. The lowest BCUT2D eigenvalue weighted by molar-refractivity contribution is 0.0256. The van der Waals surface area contributed by atoms with Gasteiger partial charge in [0.2, 0.25) is 0 Å². The van der Waals surface area contributed by atoms with Gasteiger partial charge in [-0.1, -0.05) is 13.0 Å². The third-order valence-electron chi connectivity index (χ3n) is 4.88. The minimum atomic E-state index is 0.463. The zero-order chi connectivity index (χ0) is 14.7. The van der Waals surface area contributed by atoms with Crippen molar-refractivity contribution in [1.82, 2.24) is 5.32 Å². The highest BCUT2D eigenvalue weighted by molar-refractivity contribution is 5.52. The molecule has 3 nitrogen and oxygen atoms in total. The molecule has 2 unspecified atom stereocenters. The predicted octanol–water partition coefficient (Wildman–Crippen LogP) is 3.25. The molecule has 3 heteroatoms. The minimum Gasteiger partial charge on any atom is -0.374 e. The maximum atomic E-state index is 5.92. The van der Waals surface area contributed by atoms with Crippen LogP contribution in [-0.2, 0) is 11.3 Å². The lowest BCUT2D eigenvalue weighted by Gasteiger charge is -2.39. The van der Waals surface area contributed by atoms with E-state index >= 15 is 0 Å². The van der Waals surface area contributed by atoms with E-state index in [2.05, 4.69) is 42.3 Å². The van der Waals surface area contributed by atoms with Crippen molar-refractivity contribution in [2.45, 2.75) is 58.2 Å². The third-order valence-corrected chi connectivity index (χ3v) is 4.88. The van der Waals surface area contributed by atoms with Crippen LogP contribution in [0.2, 0.25) is 0 Å². The summed E-state index contributed by atoms with van der Waals surface area (Å²) in [5, 5.41) is 3.49. The summed E-state index contributed by atoms with van der Waals surface area (Å²) in [4.78, 5) is 2.58. The fourth-order valence-corrected chi connectivity index (χ4v) is 3.70. The van der Waals surface area contributed by atoms with Crippen LogP contribution >= 0.6 is 0 Å². The Morgan fingerprint density at radius 2 is 2.24 bits per heavy atom. The van der Waals surface area contributed by atoms with Gasteiger partial charge in [-0.15, -0.1) is 0 Å². The first kappa shape index (κ1) is 14.9. The molecule has 1 heterocycles. The van der Waals surface area contributed by atoms with E-state index < -0.39 is 0 Å². The largest absolute Gasteiger partial charge is 0.374 e. The molecule has 0 radical (unpaired) electrons. The van der Waals surface area contributed by atoms with Gasteiger partial charge >= 0.3 is 0 Å². The van der Waals surface area contributed by atoms with Gasteiger partial charge in [0.05, 0.1) is 18.8 Å². The molecule has 116 valence electrons. The van der Waals surface area contributed by atoms with E-state index in [4.69, 9.17) is 4.74 Å². The van der Waals surface area contributed by atoms with Gasteiger partial charge in [-0.3, -0.25) is 0 Å². The van der Waals surface area contributed by atoms with Gasteiger partial charge in [-0.2, -0.15) is 0 Å². The average molecular weight is 288 g/mol. The van der Waals surface area contributed by atoms with Crippen LogP contribution in [0.25, 0.3) is 0 Å². The molecule has 2 fully saturated rings. The number of nitrogens with one attached hydrogen (secondary N) is 1. The molecular weight excluding hydrogens is 260 g/mol. The van der Waals surface area contributed by atoms with Gasteiger partial charge in [-0.25, -0.2) is 0 Å². The van der Waals surface area contributed by atoms with Crippen molar-refractivity contribution in [2.75, 3.05) is 24.6 Å². The van der Waals surface area contributed by atoms with E-state index in [1.165, 1.54) is 42.5 Å². The Kier molecular flexibility index (Phi) is 4.81. The van der Waals surface area contributed by atoms with Crippen LogP contribution in [0.3, 0.4) is 0 Å². The Morgan fingerprint density at radius 1 is 1.33 bits per heavy atom. The Morgan fingerprint density at radius 3 is 3.05 bits per heavy atom.